The fraction of sp³-hybridized carbons (Fsp3) is 0.467. The van der Waals surface area contributed by atoms with Gasteiger partial charge in [-0.25, -0.2) is 13.6 Å². The molecule has 0 aromatic heterocycles. The van der Waals surface area contributed by atoms with E-state index < -0.39 is 147 Å². The molecule has 6 amide bonds. The second-order valence-electron chi connectivity index (χ2n) is 29.5. The normalized spacial score (nSPS) is 20.3. The Bertz CT molecular complexity index is 5030. The molecule has 31 nitrogen and oxygen atoms in total. The number of nitrogens with zero attached hydrogens (tertiary/aromatic N) is 4. The first kappa shape index (κ1) is 85.3. The first-order valence-corrected chi connectivity index (χ1v) is 42.4. The van der Waals surface area contributed by atoms with Crippen LogP contribution in [0.3, 0.4) is 0 Å². The molecule has 37 heteroatoms. The molecule has 606 valence electrons. The molecule has 6 aliphatic rings. The summed E-state index contributed by atoms with van der Waals surface area (Å²) in [5.41, 5.74) is 10.7. The van der Waals surface area contributed by atoms with Crippen molar-refractivity contribution in [3.8, 4) is 5.75 Å². The standard InChI is InChI=1S/C75H90F2N8O23S4/c1-73(2)56-40-54(111(100,101)102)20-22-60(56)83(28-5-7-34-109(94,95)96)63(73)24-16-47-10-9-11-48(17-25-64-74(3,4)57-41-55(112(103,104)105)21-23-61(57)84(64)29-6-8-35-110(97,98)99)67(47)108-53-18-12-46(13-19-53)36-59(72(92)93)80-65(86)26-30-106-32-33-107-31-27-79-69(89)49-14-15-50-43-82(44-52(50)37-49)66(87)39-51-38-58(81-70(51)90)71(91)85-45-75(76,77)42-62(85)68(78)88/h12-25,37,40-41,51,58-59,62H,5-11,26-36,38-39,42-45H2,1-4H3,(H9-,78,79,80,81,86,88,89,90,92,93,94,95,96,97,98,99,100,101,102,103,104,105)/p+1/t51-,58-,59-,62-/m0/s1. The number of unbranched alkanes of at least 4 members (excludes halogenated alkanes) is 2. The number of benzene rings is 4. The highest BCUT2D eigenvalue weighted by molar-refractivity contribution is 7.86. The lowest BCUT2D eigenvalue weighted by molar-refractivity contribution is -0.438. The average molecular weight is 1640 g/mol. The zero-order chi connectivity index (χ0) is 81.6. The Morgan fingerprint density at radius 1 is 0.750 bits per heavy atom. The van der Waals surface area contributed by atoms with Gasteiger partial charge in [0.25, 0.3) is 52.3 Å². The first-order chi connectivity index (χ1) is 52.5. The number of carbonyl (C=O) groups is 7. The molecule has 0 radical (unpaired) electrons. The summed E-state index contributed by atoms with van der Waals surface area (Å²) in [4.78, 5) is 93.5. The SMILES string of the molecule is CC1(C)C(/C=C/C2=C(Oc3ccc(C[C@H](NC(=O)CCOCCOCCNC(=O)c4ccc5c(c4)CN(C(=O)C[C@@H]4C[C@@H](C(=O)N6CC(F)(F)C[C@H]6C(N)=O)NC4=O)C5)C(=O)O)cc3)C(=C/C=C3/N(CCCCS(=O)(=O)O)c4ccc(S(=O)(=O)O)cc4C3(C)C)/CCC2)=[N+](CCCCS(=O)(=O)O)c2ccc(S(=O)(=O)O)cc21. The number of carboxylic acid groups (broad SMARTS) is 1. The number of hydrogen-bond donors (Lipinski definition) is 9. The van der Waals surface area contributed by atoms with Gasteiger partial charge in [-0.05, 0) is 159 Å². The molecule has 0 spiro atoms. The number of nitrogens with one attached hydrogen (secondary N) is 3. The van der Waals surface area contributed by atoms with Crippen molar-refractivity contribution < 1.29 is 118 Å². The third-order valence-corrected chi connectivity index (χ3v) is 24.0. The number of hydrogen-bond acceptors (Lipinski definition) is 19. The minimum Gasteiger partial charge on any atom is -0.480 e. The van der Waals surface area contributed by atoms with Gasteiger partial charge < -0.3 is 55.7 Å². The zero-order valence-corrected chi connectivity index (χ0v) is 65.2. The molecule has 0 unspecified atom stereocenters. The molecule has 0 saturated carbocycles. The van der Waals surface area contributed by atoms with Crippen LogP contribution >= 0.6 is 0 Å². The highest BCUT2D eigenvalue weighted by Gasteiger charge is 2.53. The number of aliphatic carboxylic acids is 1. The van der Waals surface area contributed by atoms with Crippen molar-refractivity contribution in [3.63, 3.8) is 0 Å². The van der Waals surface area contributed by atoms with E-state index in [1.165, 1.54) is 29.2 Å². The highest BCUT2D eigenvalue weighted by Crippen LogP contribution is 2.50. The van der Waals surface area contributed by atoms with Crippen LogP contribution in [0.4, 0.5) is 20.2 Å². The number of ether oxygens (including phenoxy) is 3. The van der Waals surface area contributed by atoms with Gasteiger partial charge in [-0.15, -0.1) is 0 Å². The van der Waals surface area contributed by atoms with Crippen LogP contribution in [-0.2, 0) is 109 Å². The van der Waals surface area contributed by atoms with Crippen LogP contribution < -0.4 is 31.3 Å². The van der Waals surface area contributed by atoms with Gasteiger partial charge in [0.15, 0.2) is 5.71 Å². The maximum absolute atomic E-state index is 14.1. The second-order valence-corrected chi connectivity index (χ2v) is 35.5. The highest BCUT2D eigenvalue weighted by atomic mass is 32.2. The molecule has 10 rings (SSSR count). The molecule has 1 aliphatic carbocycles. The third-order valence-electron chi connectivity index (χ3n) is 20.7. The van der Waals surface area contributed by atoms with Gasteiger partial charge in [-0.2, -0.15) is 38.2 Å². The Morgan fingerprint density at radius 3 is 2.06 bits per heavy atom. The molecule has 5 aliphatic heterocycles. The van der Waals surface area contributed by atoms with Gasteiger partial charge in [-0.3, -0.25) is 47.0 Å². The molecule has 0 bridgehead atoms. The predicted octanol–water partition coefficient (Wildman–Crippen LogP) is 6.00. The maximum atomic E-state index is 14.1. The Hall–Kier alpha value is -9.18. The largest absolute Gasteiger partial charge is 0.480 e. The second kappa shape index (κ2) is 34.7. The van der Waals surface area contributed by atoms with E-state index in [-0.39, 0.29) is 120 Å². The fourth-order valence-electron chi connectivity index (χ4n) is 14.9. The number of primary amides is 1. The first-order valence-electron chi connectivity index (χ1n) is 36.3. The van der Waals surface area contributed by atoms with E-state index in [1.54, 1.807) is 54.6 Å². The van der Waals surface area contributed by atoms with Gasteiger partial charge in [0.2, 0.25) is 35.2 Å². The van der Waals surface area contributed by atoms with Crippen molar-refractivity contribution in [1.29, 1.82) is 0 Å². The van der Waals surface area contributed by atoms with Gasteiger partial charge in [0.1, 0.15) is 36.2 Å². The lowest BCUT2D eigenvalue weighted by Gasteiger charge is -2.27. The topological polar surface area (TPSA) is 460 Å². The van der Waals surface area contributed by atoms with Crippen molar-refractivity contribution >= 4 is 99.0 Å². The van der Waals surface area contributed by atoms with E-state index in [0.29, 0.717) is 97.4 Å². The maximum Gasteiger partial charge on any atom is 0.326 e. The van der Waals surface area contributed by atoms with Crippen molar-refractivity contribution in [2.45, 2.75) is 163 Å². The molecular formula is C75H91F2N8O23S4+. The summed E-state index contributed by atoms with van der Waals surface area (Å²) in [5.74, 6) is -9.85. The summed E-state index contributed by atoms with van der Waals surface area (Å²) in [6.07, 6.45) is 8.00. The Balaban J connectivity index is 0.753. The van der Waals surface area contributed by atoms with Crippen molar-refractivity contribution in [1.82, 2.24) is 25.8 Å². The van der Waals surface area contributed by atoms with Crippen molar-refractivity contribution in [3.05, 3.63) is 159 Å². The number of anilines is 1. The number of rotatable bonds is 35. The molecule has 2 fully saturated rings. The molecule has 5 heterocycles. The third kappa shape index (κ3) is 21.2. The fourth-order valence-corrected chi connectivity index (χ4v) is 17.1. The summed E-state index contributed by atoms with van der Waals surface area (Å²) in [5, 5.41) is 18.1. The van der Waals surface area contributed by atoms with Gasteiger partial charge >= 0.3 is 5.97 Å². The minimum absolute atomic E-state index is 0.0550. The lowest BCUT2D eigenvalue weighted by Crippen LogP contribution is -2.50. The molecule has 4 atom stereocenters. The molecule has 4 aromatic rings. The monoisotopic (exact) mass is 1640 g/mol. The van der Waals surface area contributed by atoms with Crippen LogP contribution in [-0.4, -0.2) is 207 Å². The quantitative estimate of drug-likeness (QED) is 0.0145. The number of nitrogens with two attached hydrogens (primary N) is 1. The summed E-state index contributed by atoms with van der Waals surface area (Å²) in [6, 6.07) is 15.8. The van der Waals surface area contributed by atoms with Crippen LogP contribution in [0.15, 0.2) is 136 Å². The van der Waals surface area contributed by atoms with Crippen LogP contribution in [0.5, 0.6) is 5.75 Å². The van der Waals surface area contributed by atoms with E-state index in [4.69, 9.17) is 19.9 Å². The summed E-state index contributed by atoms with van der Waals surface area (Å²) < 4.78 is 184. The van der Waals surface area contributed by atoms with E-state index >= 15 is 0 Å². The number of carboxylic acids is 1. The number of carbonyl (C=O) groups excluding carboxylic acids is 6. The van der Waals surface area contributed by atoms with Crippen molar-refractivity contribution in [2.75, 3.05) is 69.0 Å². The van der Waals surface area contributed by atoms with Crippen LogP contribution in [0.1, 0.15) is 136 Å². The number of alkyl halides is 2. The Morgan fingerprint density at radius 2 is 1.40 bits per heavy atom. The lowest BCUT2D eigenvalue weighted by atomic mass is 9.81. The molecule has 2 saturated heterocycles. The van der Waals surface area contributed by atoms with Crippen molar-refractivity contribution in [2.24, 2.45) is 11.7 Å². The Labute approximate surface area is 647 Å². The zero-order valence-electron chi connectivity index (χ0n) is 61.9. The molecule has 4 aromatic carbocycles. The molecule has 10 N–H and O–H groups in total. The number of halogens is 2. The predicted molar refractivity (Wildman–Crippen MR) is 402 cm³/mol. The number of amides is 6. The number of fused-ring (bicyclic) bond motifs is 3. The van der Waals surface area contributed by atoms with Crippen LogP contribution in [0.25, 0.3) is 0 Å². The summed E-state index contributed by atoms with van der Waals surface area (Å²) in [6.45, 7) is 7.49. The van der Waals surface area contributed by atoms with E-state index in [0.717, 1.165) is 5.56 Å². The smallest absolute Gasteiger partial charge is 0.326 e. The van der Waals surface area contributed by atoms with E-state index in [2.05, 4.69) is 16.0 Å². The Kier molecular flexibility index (Phi) is 26.4. The average Bonchev–Trinajstić information content (AvgIpc) is 1.59. The van der Waals surface area contributed by atoms with Gasteiger partial charge in [0, 0.05) is 104 Å². The van der Waals surface area contributed by atoms with Gasteiger partial charge in [-0.1, -0.05) is 38.1 Å². The minimum atomic E-state index is -4.64. The number of likely N-dealkylation sites (tertiary alicyclic amines) is 1. The summed E-state index contributed by atoms with van der Waals surface area (Å²) in [7, 11) is -17.9. The molecule has 112 heavy (non-hydrogen) atoms. The number of allylic oxidation sites excluding steroid dienone is 7. The molecular weight excluding hydrogens is 1550 g/mol. The summed E-state index contributed by atoms with van der Waals surface area (Å²) >= 11 is 0. The van der Waals surface area contributed by atoms with Gasteiger partial charge in [0.05, 0.1) is 59.7 Å². The van der Waals surface area contributed by atoms with E-state index in [1.807, 2.05) is 61.5 Å². The van der Waals surface area contributed by atoms with E-state index in [9.17, 15) is 99.3 Å². The van der Waals surface area contributed by atoms with Crippen LogP contribution in [0, 0.1) is 5.92 Å². The van der Waals surface area contributed by atoms with Crippen LogP contribution in [0.2, 0.25) is 0 Å².